The van der Waals surface area contributed by atoms with E-state index >= 15 is 0 Å². The average molecular weight is 314 g/mol. The number of H-pyrrole nitrogens is 1. The van der Waals surface area contributed by atoms with Gasteiger partial charge >= 0.3 is 5.97 Å². The summed E-state index contributed by atoms with van der Waals surface area (Å²) in [6.45, 7) is 1.82. The van der Waals surface area contributed by atoms with Crippen molar-refractivity contribution < 1.29 is 9.53 Å². The molecule has 0 aliphatic carbocycles. The van der Waals surface area contributed by atoms with Crippen molar-refractivity contribution in [2.24, 2.45) is 0 Å². The largest absolute Gasteiger partial charge is 0.423 e. The highest BCUT2D eigenvalue weighted by Gasteiger charge is 2.14. The van der Waals surface area contributed by atoms with Gasteiger partial charge in [0.2, 0.25) is 5.56 Å². The first kappa shape index (κ1) is 14.4. The molecule has 0 radical (unpaired) electrons. The topological polar surface area (TPSA) is 59.2 Å². The Morgan fingerprint density at radius 3 is 2.68 bits per heavy atom. The van der Waals surface area contributed by atoms with Crippen LogP contribution in [0.25, 0.3) is 10.9 Å². The zero-order valence-electron chi connectivity index (χ0n) is 11.7. The summed E-state index contributed by atoms with van der Waals surface area (Å²) in [5, 5.41) is 1.24. The highest BCUT2D eigenvalue weighted by atomic mass is 35.5. The summed E-state index contributed by atoms with van der Waals surface area (Å²) in [4.78, 5) is 26.7. The quantitative estimate of drug-likeness (QED) is 0.579. The van der Waals surface area contributed by atoms with Crippen molar-refractivity contribution in [1.29, 1.82) is 0 Å². The number of halogens is 1. The molecule has 0 aliphatic heterocycles. The van der Waals surface area contributed by atoms with Gasteiger partial charge in [0.05, 0.1) is 5.56 Å². The number of hydrogen-bond acceptors (Lipinski definition) is 3. The summed E-state index contributed by atoms with van der Waals surface area (Å²) >= 11 is 5.95. The fraction of sp³-hybridized carbons (Fsp3) is 0.0588. The summed E-state index contributed by atoms with van der Waals surface area (Å²) in [6, 6.07) is 13.3. The number of carbonyl (C=O) groups is 1. The molecular weight excluding hydrogens is 302 g/mol. The maximum absolute atomic E-state index is 12.4. The minimum Gasteiger partial charge on any atom is -0.423 e. The minimum atomic E-state index is -0.580. The normalized spacial score (nSPS) is 10.6. The van der Waals surface area contributed by atoms with E-state index in [-0.39, 0.29) is 11.1 Å². The van der Waals surface area contributed by atoms with Crippen LogP contribution in [0.1, 0.15) is 15.9 Å². The maximum atomic E-state index is 12.4. The van der Waals surface area contributed by atoms with Crippen molar-refractivity contribution in [3.8, 4) is 5.75 Å². The predicted octanol–water partition coefficient (Wildman–Crippen LogP) is 3.71. The number of pyridine rings is 1. The molecule has 0 saturated heterocycles. The van der Waals surface area contributed by atoms with E-state index in [1.807, 2.05) is 6.92 Å². The third-order valence-corrected chi connectivity index (χ3v) is 3.73. The molecule has 0 bridgehead atoms. The Balaban J connectivity index is 2.02. The fourth-order valence-electron chi connectivity index (χ4n) is 2.22. The molecule has 5 heteroatoms. The summed E-state index contributed by atoms with van der Waals surface area (Å²) in [5.74, 6) is -0.194. The van der Waals surface area contributed by atoms with Gasteiger partial charge in [0.15, 0.2) is 0 Å². The average Bonchev–Trinajstić information content (AvgIpc) is 2.50. The first-order valence-electron chi connectivity index (χ1n) is 6.65. The second-order valence-electron chi connectivity index (χ2n) is 4.89. The van der Waals surface area contributed by atoms with Crippen LogP contribution in [0.15, 0.2) is 53.3 Å². The van der Waals surface area contributed by atoms with Gasteiger partial charge in [0.1, 0.15) is 5.75 Å². The van der Waals surface area contributed by atoms with Gasteiger partial charge in [-0.25, -0.2) is 4.79 Å². The minimum absolute atomic E-state index is 0.229. The second kappa shape index (κ2) is 5.66. The monoisotopic (exact) mass is 313 g/mol. The molecule has 0 saturated carbocycles. The molecule has 2 aromatic carbocycles. The van der Waals surface area contributed by atoms with Gasteiger partial charge in [-0.2, -0.15) is 0 Å². The number of aryl methyl sites for hydroxylation is 1. The van der Waals surface area contributed by atoms with Crippen molar-refractivity contribution in [3.05, 3.63) is 75.0 Å². The molecule has 0 fully saturated rings. The molecule has 22 heavy (non-hydrogen) atoms. The van der Waals surface area contributed by atoms with Crippen LogP contribution in [-0.2, 0) is 0 Å². The van der Waals surface area contributed by atoms with Gasteiger partial charge in [-0.05, 0) is 36.8 Å². The third-order valence-electron chi connectivity index (χ3n) is 3.31. The molecular formula is C17H12ClNO3. The molecule has 0 spiro atoms. The van der Waals surface area contributed by atoms with Crippen molar-refractivity contribution >= 4 is 28.5 Å². The summed E-state index contributed by atoms with van der Waals surface area (Å²) < 4.78 is 5.35. The first-order chi connectivity index (χ1) is 10.5. The van der Waals surface area contributed by atoms with E-state index < -0.39 is 5.97 Å². The van der Waals surface area contributed by atoms with Crippen molar-refractivity contribution in [3.63, 3.8) is 0 Å². The van der Waals surface area contributed by atoms with Crippen LogP contribution >= 0.6 is 11.6 Å². The smallest absolute Gasteiger partial charge is 0.344 e. The lowest BCUT2D eigenvalue weighted by Crippen LogP contribution is -2.14. The van der Waals surface area contributed by atoms with Crippen molar-refractivity contribution in [2.75, 3.05) is 0 Å². The number of fused-ring (bicyclic) bond motifs is 1. The van der Waals surface area contributed by atoms with E-state index in [1.165, 1.54) is 6.07 Å². The van der Waals surface area contributed by atoms with E-state index in [2.05, 4.69) is 4.98 Å². The molecule has 4 nitrogen and oxygen atoms in total. The Morgan fingerprint density at radius 2 is 1.91 bits per heavy atom. The number of rotatable bonds is 2. The van der Waals surface area contributed by atoms with Crippen molar-refractivity contribution in [2.45, 2.75) is 6.92 Å². The van der Waals surface area contributed by atoms with Crippen LogP contribution in [-0.4, -0.2) is 11.0 Å². The van der Waals surface area contributed by atoms with Crippen LogP contribution in [0.5, 0.6) is 5.75 Å². The van der Waals surface area contributed by atoms with E-state index in [0.29, 0.717) is 21.7 Å². The Hall–Kier alpha value is -2.59. The molecule has 0 atom stereocenters. The molecule has 0 amide bonds. The number of ether oxygens (including phenoxy) is 1. The van der Waals surface area contributed by atoms with E-state index in [9.17, 15) is 9.59 Å². The number of nitrogens with one attached hydrogen (secondary N) is 1. The number of benzene rings is 2. The number of aromatic amines is 1. The highest BCUT2D eigenvalue weighted by molar-refractivity contribution is 6.31. The van der Waals surface area contributed by atoms with Gasteiger partial charge in [-0.3, -0.25) is 4.79 Å². The van der Waals surface area contributed by atoms with Crippen LogP contribution in [0.4, 0.5) is 0 Å². The van der Waals surface area contributed by atoms with E-state index in [4.69, 9.17) is 16.3 Å². The number of hydrogen-bond donors (Lipinski definition) is 1. The lowest BCUT2D eigenvalue weighted by molar-refractivity contribution is 0.0736. The van der Waals surface area contributed by atoms with Gasteiger partial charge in [-0.1, -0.05) is 29.8 Å². The molecule has 110 valence electrons. The van der Waals surface area contributed by atoms with Crippen LogP contribution in [0, 0.1) is 6.92 Å². The van der Waals surface area contributed by atoms with E-state index in [0.717, 1.165) is 5.56 Å². The fourth-order valence-corrected chi connectivity index (χ4v) is 2.33. The van der Waals surface area contributed by atoms with Crippen LogP contribution < -0.4 is 10.3 Å². The highest BCUT2D eigenvalue weighted by Crippen LogP contribution is 2.23. The molecule has 0 unspecified atom stereocenters. The summed E-state index contributed by atoms with van der Waals surface area (Å²) in [6.07, 6.45) is 0. The first-order valence-corrected chi connectivity index (χ1v) is 7.03. The third kappa shape index (κ3) is 2.73. The lowest BCUT2D eigenvalue weighted by atomic mass is 10.1. The van der Waals surface area contributed by atoms with Gasteiger partial charge in [0, 0.05) is 22.0 Å². The Kier molecular flexibility index (Phi) is 3.69. The molecule has 1 heterocycles. The molecule has 3 aromatic rings. The predicted molar refractivity (Wildman–Crippen MR) is 85.7 cm³/mol. The zero-order chi connectivity index (χ0) is 15.7. The Bertz CT molecular complexity index is 931. The standard InChI is InChI=1S/C17H12ClNO3/c1-10-8-11(6-7-14(10)18)22-17(21)13-9-16(20)19-15-5-3-2-4-12(13)15/h2-9H,1H3,(H,19,20). The lowest BCUT2D eigenvalue weighted by Gasteiger charge is -2.08. The van der Waals surface area contributed by atoms with Crippen molar-refractivity contribution in [1.82, 2.24) is 4.98 Å². The summed E-state index contributed by atoms with van der Waals surface area (Å²) in [7, 11) is 0. The summed E-state index contributed by atoms with van der Waals surface area (Å²) in [5.41, 5.74) is 1.28. The number of esters is 1. The molecule has 1 aromatic heterocycles. The van der Waals surface area contributed by atoms with Crippen LogP contribution in [0.3, 0.4) is 0 Å². The van der Waals surface area contributed by atoms with Gasteiger partial charge < -0.3 is 9.72 Å². The second-order valence-corrected chi connectivity index (χ2v) is 5.30. The molecule has 1 N–H and O–H groups in total. The zero-order valence-corrected chi connectivity index (χ0v) is 12.5. The van der Waals surface area contributed by atoms with E-state index in [1.54, 1.807) is 42.5 Å². The Labute approximate surface area is 131 Å². The maximum Gasteiger partial charge on any atom is 0.344 e. The number of aromatic nitrogens is 1. The SMILES string of the molecule is Cc1cc(OC(=O)c2cc(=O)[nH]c3ccccc23)ccc1Cl. The van der Waals surface area contributed by atoms with Gasteiger partial charge in [0.25, 0.3) is 0 Å². The molecule has 0 aliphatic rings. The number of para-hydroxylation sites is 1. The van der Waals surface area contributed by atoms with Crippen LogP contribution in [0.2, 0.25) is 5.02 Å². The molecule has 3 rings (SSSR count). The Morgan fingerprint density at radius 1 is 1.14 bits per heavy atom. The number of carbonyl (C=O) groups excluding carboxylic acids is 1. The van der Waals surface area contributed by atoms with Gasteiger partial charge in [-0.15, -0.1) is 0 Å².